The Hall–Kier alpha value is -8.18. The molecule has 4 aromatic heterocycles. The quantitative estimate of drug-likeness (QED) is 0.0704. The van der Waals surface area contributed by atoms with Gasteiger partial charge in [0.15, 0.2) is 11.6 Å². The summed E-state index contributed by atoms with van der Waals surface area (Å²) >= 11 is 0. The van der Waals surface area contributed by atoms with Gasteiger partial charge in [-0.2, -0.15) is 19.9 Å². The van der Waals surface area contributed by atoms with Gasteiger partial charge < -0.3 is 54.2 Å². The lowest BCUT2D eigenvalue weighted by Gasteiger charge is -2.44. The van der Waals surface area contributed by atoms with Crippen LogP contribution in [0.2, 0.25) is 0 Å². The number of hydrogen-bond acceptors (Lipinski definition) is 17. The minimum atomic E-state index is -0.943. The molecule has 2 saturated carbocycles. The average Bonchev–Trinajstić information content (AvgIpc) is 1.63. The van der Waals surface area contributed by atoms with Crippen molar-refractivity contribution in [3.8, 4) is 70.7 Å². The van der Waals surface area contributed by atoms with Gasteiger partial charge in [-0.1, -0.05) is 36.8 Å². The number of halogens is 4. The SMILES string of the molecule is C#Cc1c(F)ccc2cc(O)cc(-c3ncc4c(N5CCCC(C)(O)C5)nc(OCC56CCCC5N(C)CCC6)nc4c3F)c12.C#Cc1c(F)ccc2cc(O)cc(-c3ncc4c(N5CCOCC(CO)C5)nc(OCC56CCCC5N(C)CCC6)nc4c3F)c12. The monoisotopic (exact) mass is 1240 g/mol. The van der Waals surface area contributed by atoms with Crippen LogP contribution in [0, 0.1) is 64.7 Å². The normalized spacial score (nSPS) is 24.6. The summed E-state index contributed by atoms with van der Waals surface area (Å²) in [6.07, 6.45) is 26.6. The summed E-state index contributed by atoms with van der Waals surface area (Å²) in [5.74, 6) is 2.36. The molecule has 4 saturated heterocycles. The van der Waals surface area contributed by atoms with Gasteiger partial charge in [0.2, 0.25) is 0 Å². The van der Waals surface area contributed by atoms with Gasteiger partial charge in [-0.15, -0.1) is 12.8 Å². The first-order valence-corrected chi connectivity index (χ1v) is 31.5. The van der Waals surface area contributed by atoms with E-state index in [0.717, 1.165) is 83.7 Å². The van der Waals surface area contributed by atoms with Crippen LogP contribution in [-0.2, 0) is 4.74 Å². The number of benzene rings is 4. The number of fused-ring (bicyclic) bond motifs is 6. The number of aliphatic hydroxyl groups is 2. The number of hydrogen-bond donors (Lipinski definition) is 4. The van der Waals surface area contributed by atoms with Gasteiger partial charge in [0.05, 0.1) is 53.9 Å². The van der Waals surface area contributed by atoms with Crippen LogP contribution in [0.1, 0.15) is 95.1 Å². The second kappa shape index (κ2) is 24.8. The number of β-amino-alcohol motifs (C(OH)–C–C–N with tert-alkyl or cyclic N) is 1. The summed E-state index contributed by atoms with van der Waals surface area (Å²) < 4.78 is 81.8. The third-order valence-electron chi connectivity index (χ3n) is 20.2. The second-order valence-electron chi connectivity index (χ2n) is 26.2. The summed E-state index contributed by atoms with van der Waals surface area (Å²) in [6.45, 7) is 7.28. The molecular formula is C70H74F4N10O7. The fourth-order valence-corrected chi connectivity index (χ4v) is 15.9. The molecule has 4 aromatic carbocycles. The lowest BCUT2D eigenvalue weighted by Crippen LogP contribution is -2.50. The first-order valence-electron chi connectivity index (χ1n) is 31.5. The Morgan fingerprint density at radius 3 is 1.60 bits per heavy atom. The molecule has 0 amide bonds. The van der Waals surface area contributed by atoms with E-state index in [0.29, 0.717) is 104 Å². The van der Waals surface area contributed by atoms with E-state index < -0.39 is 28.9 Å². The van der Waals surface area contributed by atoms with E-state index in [4.69, 9.17) is 37.0 Å². The molecule has 8 aromatic rings. The Morgan fingerprint density at radius 2 is 1.12 bits per heavy atom. The number of nitrogens with zero attached hydrogens (tertiary/aromatic N) is 10. The summed E-state index contributed by atoms with van der Waals surface area (Å²) in [7, 11) is 4.34. The lowest BCUT2D eigenvalue weighted by atomic mass is 9.76. The highest BCUT2D eigenvalue weighted by Crippen LogP contribution is 2.50. The summed E-state index contributed by atoms with van der Waals surface area (Å²) in [6, 6.07) is 11.9. The van der Waals surface area contributed by atoms with Crippen LogP contribution in [-0.4, -0.2) is 164 Å². The highest BCUT2D eigenvalue weighted by atomic mass is 19.1. The zero-order valence-electron chi connectivity index (χ0n) is 51.4. The zero-order chi connectivity index (χ0) is 63.5. The van der Waals surface area contributed by atoms with Crippen LogP contribution in [0.4, 0.5) is 29.2 Å². The maximum absolute atomic E-state index is 16.8. The molecule has 0 spiro atoms. The number of likely N-dealkylation sites (tertiary alicyclic amines) is 2. The van der Waals surface area contributed by atoms with E-state index >= 15 is 8.78 Å². The summed E-state index contributed by atoms with van der Waals surface area (Å²) in [4.78, 5) is 36.5. The van der Waals surface area contributed by atoms with E-state index in [1.54, 1.807) is 6.92 Å². The van der Waals surface area contributed by atoms with E-state index in [1.807, 2.05) is 9.80 Å². The Kier molecular flexibility index (Phi) is 16.8. The molecule has 4 aliphatic heterocycles. The number of aliphatic hydroxyl groups excluding tert-OH is 1. The minimum absolute atomic E-state index is 0.0124. The fraction of sp³-hybridized carbons (Fsp3) is 0.457. The predicted molar refractivity (Wildman–Crippen MR) is 340 cm³/mol. The first kappa shape index (κ1) is 61.7. The fourth-order valence-electron chi connectivity index (χ4n) is 15.9. The molecule has 4 N–H and O–H groups in total. The second-order valence-corrected chi connectivity index (χ2v) is 26.2. The number of aromatic hydroxyl groups is 2. The molecule has 6 aliphatic rings. The van der Waals surface area contributed by atoms with Crippen LogP contribution >= 0.6 is 0 Å². The van der Waals surface area contributed by atoms with Gasteiger partial charge in [-0.05, 0) is 145 Å². The van der Waals surface area contributed by atoms with Crippen LogP contribution in [0.3, 0.4) is 0 Å². The van der Waals surface area contributed by atoms with Crippen LogP contribution in [0.25, 0.3) is 65.9 Å². The van der Waals surface area contributed by atoms with Crippen molar-refractivity contribution in [2.24, 2.45) is 16.7 Å². The Morgan fingerprint density at radius 1 is 0.637 bits per heavy atom. The maximum atomic E-state index is 16.8. The molecule has 17 nitrogen and oxygen atoms in total. The predicted octanol–water partition coefficient (Wildman–Crippen LogP) is 10.7. The van der Waals surface area contributed by atoms with E-state index in [9.17, 15) is 29.2 Å². The number of ether oxygens (including phenoxy) is 3. The molecule has 91 heavy (non-hydrogen) atoms. The molecule has 8 heterocycles. The van der Waals surface area contributed by atoms with Gasteiger partial charge in [-0.25, -0.2) is 17.6 Å². The number of phenols is 2. The first-order chi connectivity index (χ1) is 43.9. The average molecular weight is 1240 g/mol. The number of terminal acetylenes is 2. The van der Waals surface area contributed by atoms with Crippen LogP contribution < -0.4 is 19.3 Å². The highest BCUT2D eigenvalue weighted by Gasteiger charge is 2.49. The number of rotatable bonds is 11. The maximum Gasteiger partial charge on any atom is 0.319 e. The molecule has 6 fully saturated rings. The molecular weight excluding hydrogens is 1170 g/mol. The van der Waals surface area contributed by atoms with Crippen LogP contribution in [0.5, 0.6) is 23.5 Å². The third kappa shape index (κ3) is 11.5. The van der Waals surface area contributed by atoms with Crippen molar-refractivity contribution in [1.82, 2.24) is 39.7 Å². The standard InChI is InChI=1S/C35H37F2N5O4.C35H37F2N5O3/c1-3-24-27(36)8-7-22-14-23(44)15-25(29(22)24)31-30(37)32-26(16-38-31)33(42-12-13-45-19-21(17-42)18-43)40-34(39-32)46-20-35-9-4-6-28(35)41(2)11-5-10-35;1-4-23-26(36)10-9-21-16-22(43)17-24(28(21)23)30-29(37)31-25(18-38-30)32(42-15-6-11-34(2,44)19-42)40-33(39-31)45-20-35-12-5-8-27(35)41(3)14-7-13-35/h1,7-8,14-16,21,28,43-44H,4-6,9-13,17-20H2,2H3;1,9-10,16-18,27,43-44H,5-8,11-15,19-20H2,2-3H3. The molecule has 0 bridgehead atoms. The van der Waals surface area contributed by atoms with Crippen molar-refractivity contribution >= 4 is 55.0 Å². The van der Waals surface area contributed by atoms with E-state index in [-0.39, 0.29) is 102 Å². The molecule has 21 heteroatoms. The lowest BCUT2D eigenvalue weighted by molar-refractivity contribution is 0.0132. The van der Waals surface area contributed by atoms with Gasteiger partial charge in [0, 0.05) is 95.9 Å². The number of anilines is 2. The number of piperidine rings is 3. The van der Waals surface area contributed by atoms with Gasteiger partial charge in [0.1, 0.15) is 57.2 Å². The number of pyridine rings is 2. The minimum Gasteiger partial charge on any atom is -0.508 e. The van der Waals surface area contributed by atoms with E-state index in [2.05, 4.69) is 55.7 Å². The Balaban J connectivity index is 0.000000167. The van der Waals surface area contributed by atoms with E-state index in [1.165, 1.54) is 60.9 Å². The van der Waals surface area contributed by atoms with Crippen LogP contribution in [0.15, 0.2) is 60.9 Å². The zero-order valence-corrected chi connectivity index (χ0v) is 51.4. The number of phenolic OH excluding ortho intramolecular Hbond substituents is 2. The summed E-state index contributed by atoms with van der Waals surface area (Å²) in [5, 5.41) is 44.1. The van der Waals surface area contributed by atoms with Crippen molar-refractivity contribution in [3.05, 3.63) is 95.3 Å². The van der Waals surface area contributed by atoms with Gasteiger partial charge >= 0.3 is 12.0 Å². The van der Waals surface area contributed by atoms with Crippen molar-refractivity contribution < 1.29 is 52.2 Å². The largest absolute Gasteiger partial charge is 0.508 e. The van der Waals surface area contributed by atoms with Crippen molar-refractivity contribution in [2.45, 2.75) is 102 Å². The Bertz CT molecular complexity index is 4240. The highest BCUT2D eigenvalue weighted by molar-refractivity contribution is 6.04. The van der Waals surface area contributed by atoms with Crippen molar-refractivity contribution in [2.75, 3.05) is 96.2 Å². The molecule has 14 rings (SSSR count). The van der Waals surface area contributed by atoms with Crippen molar-refractivity contribution in [3.63, 3.8) is 0 Å². The Labute approximate surface area is 525 Å². The summed E-state index contributed by atoms with van der Waals surface area (Å²) in [5.41, 5.74) is -1.09. The van der Waals surface area contributed by atoms with Gasteiger partial charge in [0.25, 0.3) is 0 Å². The molecule has 6 unspecified atom stereocenters. The third-order valence-corrected chi connectivity index (χ3v) is 20.2. The number of aromatic nitrogens is 6. The smallest absolute Gasteiger partial charge is 0.319 e. The molecule has 0 radical (unpaired) electrons. The topological polar surface area (TPSA) is 199 Å². The molecule has 6 atom stereocenters. The van der Waals surface area contributed by atoms with Crippen molar-refractivity contribution in [1.29, 1.82) is 0 Å². The molecule has 2 aliphatic carbocycles. The molecule has 474 valence electrons. The van der Waals surface area contributed by atoms with Gasteiger partial charge in [-0.3, -0.25) is 9.97 Å².